The highest BCUT2D eigenvalue weighted by Gasteiger charge is 2.36. The summed E-state index contributed by atoms with van der Waals surface area (Å²) in [5, 5.41) is 4.74. The minimum Gasteiger partial charge on any atom is -0.216 e. The summed E-state index contributed by atoms with van der Waals surface area (Å²) in [7, 11) is -6.96. The lowest BCUT2D eigenvalue weighted by molar-refractivity contribution is 0.271. The van der Waals surface area contributed by atoms with Crippen LogP contribution in [0.2, 0.25) is 0 Å². The van der Waals surface area contributed by atoms with E-state index in [-0.39, 0.29) is 31.4 Å². The Balaban J connectivity index is 2.01. The lowest BCUT2D eigenvalue weighted by Gasteiger charge is -2.33. The summed E-state index contributed by atoms with van der Waals surface area (Å²) >= 11 is 0. The first-order valence-corrected chi connectivity index (χ1v) is 9.09. The van der Waals surface area contributed by atoms with E-state index in [2.05, 4.69) is 0 Å². The average molecular weight is 297 g/mol. The number of nitrogens with zero attached hydrogens (tertiary/aromatic N) is 2. The molecule has 0 unspecified atom stereocenters. The van der Waals surface area contributed by atoms with Crippen LogP contribution >= 0.6 is 0 Å². The minimum absolute atomic E-state index is 0.144. The summed E-state index contributed by atoms with van der Waals surface area (Å²) in [5.74, 6) is 0. The van der Waals surface area contributed by atoms with Crippen LogP contribution in [0.5, 0.6) is 0 Å². The average Bonchev–Trinajstić information content (AvgIpc) is 2.82. The van der Waals surface area contributed by atoms with Crippen LogP contribution in [0.15, 0.2) is 0 Å². The summed E-state index contributed by atoms with van der Waals surface area (Å²) in [5.41, 5.74) is 0. The zero-order valence-corrected chi connectivity index (χ0v) is 11.8. The van der Waals surface area contributed by atoms with Gasteiger partial charge in [0.1, 0.15) is 0 Å². The van der Waals surface area contributed by atoms with E-state index in [4.69, 9.17) is 5.14 Å². The molecule has 0 spiro atoms. The topological polar surface area (TPSA) is 101 Å². The maximum atomic E-state index is 12.3. The van der Waals surface area contributed by atoms with E-state index >= 15 is 0 Å². The molecule has 1 aliphatic heterocycles. The Kier molecular flexibility index (Phi) is 3.98. The molecule has 0 atom stereocenters. The quantitative estimate of drug-likeness (QED) is 0.728. The Morgan fingerprint density at radius 2 is 1.28 bits per heavy atom. The largest absolute Gasteiger partial charge is 0.276 e. The molecule has 2 aliphatic rings. The molecule has 9 heteroatoms. The molecule has 0 amide bonds. The van der Waals surface area contributed by atoms with Gasteiger partial charge in [-0.25, -0.2) is 13.6 Å². The van der Waals surface area contributed by atoms with Crippen LogP contribution in [0.4, 0.5) is 0 Å². The maximum Gasteiger partial charge on any atom is 0.276 e. The molecule has 2 fully saturated rings. The Morgan fingerprint density at radius 3 is 1.72 bits per heavy atom. The van der Waals surface area contributed by atoms with Gasteiger partial charge in [-0.15, -0.1) is 0 Å². The lowest BCUT2D eigenvalue weighted by Crippen LogP contribution is -2.53. The van der Waals surface area contributed by atoms with Gasteiger partial charge in [-0.3, -0.25) is 0 Å². The summed E-state index contributed by atoms with van der Waals surface area (Å²) in [6.45, 7) is 0.695. The molecule has 1 saturated heterocycles. The second-order valence-corrected chi connectivity index (χ2v) is 8.55. The van der Waals surface area contributed by atoms with Crippen molar-refractivity contribution in [3.63, 3.8) is 0 Å². The van der Waals surface area contributed by atoms with Crippen LogP contribution in [0, 0.1) is 0 Å². The molecule has 0 aromatic carbocycles. The number of hydrogen-bond donors (Lipinski definition) is 1. The van der Waals surface area contributed by atoms with Gasteiger partial charge in [0.25, 0.3) is 10.2 Å². The third-order valence-electron chi connectivity index (χ3n) is 3.64. The van der Waals surface area contributed by atoms with Crippen LogP contribution in [-0.2, 0) is 20.2 Å². The number of rotatable bonds is 3. The summed E-state index contributed by atoms with van der Waals surface area (Å²) in [6, 6.07) is 0. The normalized spacial score (nSPS) is 25.6. The minimum atomic E-state index is -3.70. The summed E-state index contributed by atoms with van der Waals surface area (Å²) < 4.78 is 49.3. The van der Waals surface area contributed by atoms with Crippen molar-refractivity contribution in [1.82, 2.24) is 8.61 Å². The number of nitrogens with two attached hydrogens (primary N) is 1. The predicted molar refractivity (Wildman–Crippen MR) is 67.4 cm³/mol. The van der Waals surface area contributed by atoms with Crippen LogP contribution in [0.3, 0.4) is 0 Å². The second kappa shape index (κ2) is 5.04. The summed E-state index contributed by atoms with van der Waals surface area (Å²) in [4.78, 5) is 0. The first kappa shape index (κ1) is 14.2. The van der Waals surface area contributed by atoms with Crippen molar-refractivity contribution in [2.45, 2.75) is 30.9 Å². The SMILES string of the molecule is NS(=O)(=O)N1CCN(S(=O)(=O)C2CCCC2)CC1. The van der Waals surface area contributed by atoms with Crippen molar-refractivity contribution in [2.24, 2.45) is 5.14 Å². The van der Waals surface area contributed by atoms with E-state index in [0.717, 1.165) is 30.0 Å². The highest BCUT2D eigenvalue weighted by Crippen LogP contribution is 2.27. The van der Waals surface area contributed by atoms with Crippen LogP contribution < -0.4 is 5.14 Å². The molecule has 1 saturated carbocycles. The molecular weight excluding hydrogens is 278 g/mol. The van der Waals surface area contributed by atoms with Gasteiger partial charge in [0.05, 0.1) is 5.25 Å². The van der Waals surface area contributed by atoms with E-state index in [1.807, 2.05) is 0 Å². The van der Waals surface area contributed by atoms with E-state index in [0.29, 0.717) is 0 Å². The molecule has 1 heterocycles. The second-order valence-electron chi connectivity index (χ2n) is 4.79. The smallest absolute Gasteiger partial charge is 0.216 e. The van der Waals surface area contributed by atoms with Crippen molar-refractivity contribution < 1.29 is 16.8 Å². The molecular formula is C9H19N3O4S2. The molecule has 106 valence electrons. The molecule has 0 aromatic heterocycles. The van der Waals surface area contributed by atoms with Gasteiger partial charge in [-0.2, -0.15) is 17.0 Å². The van der Waals surface area contributed by atoms with Crippen LogP contribution in [0.1, 0.15) is 25.7 Å². The monoisotopic (exact) mass is 297 g/mol. The third-order valence-corrected chi connectivity index (χ3v) is 7.12. The van der Waals surface area contributed by atoms with Gasteiger partial charge in [0.2, 0.25) is 10.0 Å². The zero-order valence-electron chi connectivity index (χ0n) is 10.2. The Hall–Kier alpha value is -0.220. The first-order chi connectivity index (χ1) is 8.32. The molecule has 0 aromatic rings. The highest BCUT2D eigenvalue weighted by atomic mass is 32.2. The van der Waals surface area contributed by atoms with Crippen molar-refractivity contribution in [2.75, 3.05) is 26.2 Å². The molecule has 2 N–H and O–H groups in total. The Morgan fingerprint density at radius 1 is 0.833 bits per heavy atom. The highest BCUT2D eigenvalue weighted by molar-refractivity contribution is 7.89. The summed E-state index contributed by atoms with van der Waals surface area (Å²) in [6.07, 6.45) is 3.36. The van der Waals surface area contributed by atoms with E-state index < -0.39 is 20.2 Å². The molecule has 0 bridgehead atoms. The predicted octanol–water partition coefficient (Wildman–Crippen LogP) is -0.920. The van der Waals surface area contributed by atoms with E-state index in [1.54, 1.807) is 0 Å². The molecule has 7 nitrogen and oxygen atoms in total. The third kappa shape index (κ3) is 2.85. The standard InChI is InChI=1S/C9H19N3O4S2/c10-18(15,16)12-7-5-11(6-8-12)17(13,14)9-3-1-2-4-9/h9H,1-8H2,(H2,10,15,16). The zero-order chi connectivity index (χ0) is 13.4. The number of sulfonamides is 1. The fourth-order valence-electron chi connectivity index (χ4n) is 2.58. The van der Waals surface area contributed by atoms with Crippen molar-refractivity contribution in [1.29, 1.82) is 0 Å². The van der Waals surface area contributed by atoms with Crippen molar-refractivity contribution in [3.05, 3.63) is 0 Å². The number of hydrogen-bond acceptors (Lipinski definition) is 4. The van der Waals surface area contributed by atoms with Crippen molar-refractivity contribution >= 4 is 20.2 Å². The van der Waals surface area contributed by atoms with Gasteiger partial charge in [-0.1, -0.05) is 12.8 Å². The van der Waals surface area contributed by atoms with Crippen molar-refractivity contribution in [3.8, 4) is 0 Å². The molecule has 18 heavy (non-hydrogen) atoms. The van der Waals surface area contributed by atoms with Gasteiger partial charge >= 0.3 is 0 Å². The fourth-order valence-corrected chi connectivity index (χ4v) is 5.27. The first-order valence-electron chi connectivity index (χ1n) is 6.08. The van der Waals surface area contributed by atoms with E-state index in [1.165, 1.54) is 4.31 Å². The van der Waals surface area contributed by atoms with Crippen LogP contribution in [0.25, 0.3) is 0 Å². The fraction of sp³-hybridized carbons (Fsp3) is 1.00. The lowest BCUT2D eigenvalue weighted by atomic mass is 10.4. The van der Waals surface area contributed by atoms with Gasteiger partial charge in [0.15, 0.2) is 0 Å². The van der Waals surface area contributed by atoms with Crippen LogP contribution in [-0.4, -0.2) is 56.9 Å². The van der Waals surface area contributed by atoms with Gasteiger partial charge < -0.3 is 0 Å². The maximum absolute atomic E-state index is 12.3. The molecule has 2 rings (SSSR count). The molecule has 0 radical (unpaired) electrons. The van der Waals surface area contributed by atoms with Gasteiger partial charge in [-0.05, 0) is 12.8 Å². The van der Waals surface area contributed by atoms with Gasteiger partial charge in [0, 0.05) is 26.2 Å². The Bertz CT molecular complexity index is 488. The molecule has 1 aliphatic carbocycles. The van der Waals surface area contributed by atoms with E-state index in [9.17, 15) is 16.8 Å². The Labute approximate surface area is 108 Å². The number of piperazine rings is 1.